The fourth-order valence-electron chi connectivity index (χ4n) is 3.86. The summed E-state index contributed by atoms with van der Waals surface area (Å²) >= 11 is 12.9. The van der Waals surface area contributed by atoms with E-state index in [2.05, 4.69) is 10.7 Å². The summed E-state index contributed by atoms with van der Waals surface area (Å²) in [5, 5.41) is 9.10. The Morgan fingerprint density at radius 2 is 1.53 bits per heavy atom. The first-order valence-electron chi connectivity index (χ1n) is 11.1. The molecule has 2 unspecified atom stereocenters. The van der Waals surface area contributed by atoms with Crippen molar-refractivity contribution < 1.29 is 9.47 Å². The summed E-state index contributed by atoms with van der Waals surface area (Å²) < 4.78 is 12.3. The Labute approximate surface area is 209 Å². The molecule has 1 heterocycles. The number of hydrazone groups is 1. The van der Waals surface area contributed by atoms with Gasteiger partial charge in [0.05, 0.1) is 0 Å². The van der Waals surface area contributed by atoms with Gasteiger partial charge in [0.2, 0.25) is 11.7 Å². The molecule has 2 atom stereocenters. The van der Waals surface area contributed by atoms with Crippen LogP contribution >= 0.6 is 23.2 Å². The minimum Gasteiger partial charge on any atom is -0.352 e. The van der Waals surface area contributed by atoms with Crippen LogP contribution in [-0.4, -0.2) is 24.9 Å². The van der Waals surface area contributed by atoms with Crippen LogP contribution in [0.4, 0.5) is 0 Å². The summed E-state index contributed by atoms with van der Waals surface area (Å²) in [6.07, 6.45) is -0.746. The van der Waals surface area contributed by atoms with E-state index in [4.69, 9.17) is 42.8 Å². The van der Waals surface area contributed by atoms with Crippen LogP contribution in [0.2, 0.25) is 10.0 Å². The van der Waals surface area contributed by atoms with Crippen molar-refractivity contribution in [1.82, 2.24) is 10.7 Å². The Kier molecular flexibility index (Phi) is 7.85. The number of halogens is 2. The zero-order valence-corrected chi connectivity index (χ0v) is 20.5. The summed E-state index contributed by atoms with van der Waals surface area (Å²) in [5.74, 6) is 0.367. The highest BCUT2D eigenvalue weighted by Gasteiger charge is 2.43. The quantitative estimate of drug-likeness (QED) is 0.409. The number of guanidine groups is 1. The number of nitrogens with zero attached hydrogens (tertiary/aromatic N) is 2. The predicted molar refractivity (Wildman–Crippen MR) is 137 cm³/mol. The number of aliphatic imine (C=N–C) groups is 1. The molecule has 4 rings (SSSR count). The maximum atomic E-state index is 6.46. The lowest BCUT2D eigenvalue weighted by molar-refractivity contribution is -0.00352. The summed E-state index contributed by atoms with van der Waals surface area (Å²) in [7, 11) is 0. The first kappa shape index (κ1) is 24.2. The lowest BCUT2D eigenvalue weighted by Crippen LogP contribution is -2.60. The van der Waals surface area contributed by atoms with Crippen LogP contribution in [0, 0.1) is 0 Å². The van der Waals surface area contributed by atoms with Crippen LogP contribution in [0.5, 0.6) is 0 Å². The molecule has 0 aliphatic carbocycles. The maximum Gasteiger partial charge on any atom is 0.217 e. The molecule has 3 aromatic carbocycles. The van der Waals surface area contributed by atoms with Gasteiger partial charge in [-0.05, 0) is 26.0 Å². The third-order valence-electron chi connectivity index (χ3n) is 5.31. The van der Waals surface area contributed by atoms with E-state index < -0.39 is 12.0 Å². The molecule has 0 bridgehead atoms. The molecule has 0 spiro atoms. The number of hydrogen-bond donors (Lipinski definition) is 2. The standard InChI is InChI=1S/C26H26Cl2N4O2/c1-3-33-24(22-20(27)16-11-17-21(22)28)29-25-30-26(34-4-2,19-14-9-6-10-15-19)23(31-32-25)18-12-7-5-8-13-18/h5-17,24H,3-4H2,1-2H3,(H2,29,30,32). The Hall–Kier alpha value is -2.90. The van der Waals surface area contributed by atoms with E-state index >= 15 is 0 Å². The van der Waals surface area contributed by atoms with E-state index in [9.17, 15) is 0 Å². The van der Waals surface area contributed by atoms with Gasteiger partial charge in [0, 0.05) is 39.9 Å². The van der Waals surface area contributed by atoms with Gasteiger partial charge in [0.1, 0.15) is 5.71 Å². The highest BCUT2D eigenvalue weighted by Crippen LogP contribution is 2.34. The zero-order chi connectivity index (χ0) is 24.0. The maximum absolute atomic E-state index is 6.46. The van der Waals surface area contributed by atoms with Crippen molar-refractivity contribution in [2.75, 3.05) is 13.2 Å². The molecule has 6 nitrogen and oxygen atoms in total. The van der Waals surface area contributed by atoms with E-state index in [-0.39, 0.29) is 0 Å². The predicted octanol–water partition coefficient (Wildman–Crippen LogP) is 5.87. The van der Waals surface area contributed by atoms with Gasteiger partial charge < -0.3 is 14.8 Å². The van der Waals surface area contributed by atoms with Crippen molar-refractivity contribution in [3.05, 3.63) is 106 Å². The normalized spacial score (nSPS) is 19.8. The molecule has 1 aliphatic rings. The fraction of sp³-hybridized carbons (Fsp3) is 0.231. The highest BCUT2D eigenvalue weighted by atomic mass is 35.5. The molecule has 1 aliphatic heterocycles. The van der Waals surface area contributed by atoms with Crippen LogP contribution < -0.4 is 10.7 Å². The molecule has 8 heteroatoms. The van der Waals surface area contributed by atoms with Crippen molar-refractivity contribution >= 4 is 34.9 Å². The van der Waals surface area contributed by atoms with E-state index in [1.807, 2.05) is 74.5 Å². The molecule has 0 radical (unpaired) electrons. The van der Waals surface area contributed by atoms with Crippen molar-refractivity contribution in [3.63, 3.8) is 0 Å². The first-order chi connectivity index (χ1) is 16.6. The largest absolute Gasteiger partial charge is 0.352 e. The zero-order valence-electron chi connectivity index (χ0n) is 19.0. The molecular formula is C26H26Cl2N4O2. The van der Waals surface area contributed by atoms with Crippen LogP contribution in [0.15, 0.2) is 89.0 Å². The van der Waals surface area contributed by atoms with Crippen molar-refractivity contribution in [2.45, 2.75) is 25.8 Å². The third-order valence-corrected chi connectivity index (χ3v) is 5.97. The van der Waals surface area contributed by atoms with E-state index in [1.165, 1.54) is 0 Å². The second-order valence-electron chi connectivity index (χ2n) is 7.46. The van der Waals surface area contributed by atoms with Gasteiger partial charge in [-0.25, -0.2) is 10.4 Å². The number of rotatable bonds is 8. The highest BCUT2D eigenvalue weighted by molar-refractivity contribution is 6.36. The van der Waals surface area contributed by atoms with Gasteiger partial charge in [-0.3, -0.25) is 0 Å². The number of ether oxygens (including phenoxy) is 2. The molecule has 0 amide bonds. The Morgan fingerprint density at radius 1 is 0.882 bits per heavy atom. The van der Waals surface area contributed by atoms with Gasteiger partial charge in [-0.15, -0.1) is 0 Å². The number of nitrogens with one attached hydrogen (secondary N) is 2. The second-order valence-corrected chi connectivity index (χ2v) is 8.28. The van der Waals surface area contributed by atoms with Gasteiger partial charge in [-0.2, -0.15) is 5.10 Å². The Morgan fingerprint density at radius 3 is 2.15 bits per heavy atom. The molecule has 0 aromatic heterocycles. The minimum absolute atomic E-state index is 0.367. The average Bonchev–Trinajstić information content (AvgIpc) is 2.85. The smallest absolute Gasteiger partial charge is 0.217 e. The molecule has 176 valence electrons. The Balaban J connectivity index is 1.84. The molecular weight excluding hydrogens is 471 g/mol. The fourth-order valence-corrected chi connectivity index (χ4v) is 4.44. The molecule has 3 aromatic rings. The summed E-state index contributed by atoms with van der Waals surface area (Å²) in [6.45, 7) is 4.68. The van der Waals surface area contributed by atoms with Crippen LogP contribution in [-0.2, 0) is 15.2 Å². The lowest BCUT2D eigenvalue weighted by atomic mass is 9.91. The molecule has 0 saturated heterocycles. The van der Waals surface area contributed by atoms with Gasteiger partial charge in [0.25, 0.3) is 0 Å². The Bertz CT molecular complexity index is 1150. The monoisotopic (exact) mass is 496 g/mol. The summed E-state index contributed by atoms with van der Waals surface area (Å²) in [5.41, 5.74) is 5.02. The van der Waals surface area contributed by atoms with Crippen molar-refractivity contribution in [2.24, 2.45) is 10.1 Å². The number of hydrogen-bond acceptors (Lipinski definition) is 4. The number of benzene rings is 3. The van der Waals surface area contributed by atoms with Crippen molar-refractivity contribution in [1.29, 1.82) is 0 Å². The average molecular weight is 497 g/mol. The SMILES string of the molecule is CCOC(/N=C1\NN=C(c2ccccc2)C(OCC)(c2ccccc2)N1)c1c(Cl)cccc1Cl. The summed E-state index contributed by atoms with van der Waals surface area (Å²) in [4.78, 5) is 4.76. The van der Waals surface area contributed by atoms with Crippen LogP contribution in [0.25, 0.3) is 0 Å². The minimum atomic E-state index is -1.08. The topological polar surface area (TPSA) is 67.2 Å². The lowest BCUT2D eigenvalue weighted by Gasteiger charge is -2.39. The molecule has 34 heavy (non-hydrogen) atoms. The second kappa shape index (κ2) is 11.0. The molecule has 2 N–H and O–H groups in total. The molecule has 0 saturated carbocycles. The van der Waals surface area contributed by atoms with Gasteiger partial charge in [-0.1, -0.05) is 89.9 Å². The first-order valence-corrected chi connectivity index (χ1v) is 11.8. The molecule has 0 fully saturated rings. The third kappa shape index (κ3) is 4.95. The van der Waals surface area contributed by atoms with Gasteiger partial charge in [0.15, 0.2) is 6.23 Å². The van der Waals surface area contributed by atoms with Crippen LogP contribution in [0.3, 0.4) is 0 Å². The van der Waals surface area contributed by atoms with Crippen molar-refractivity contribution in [3.8, 4) is 0 Å². The van der Waals surface area contributed by atoms with Gasteiger partial charge >= 0.3 is 0 Å². The van der Waals surface area contributed by atoms with E-state index in [0.717, 1.165) is 11.1 Å². The summed E-state index contributed by atoms with van der Waals surface area (Å²) in [6, 6.07) is 25.1. The van der Waals surface area contributed by atoms with E-state index in [1.54, 1.807) is 18.2 Å². The van der Waals surface area contributed by atoms with Crippen LogP contribution in [0.1, 0.15) is 36.8 Å². The van der Waals surface area contributed by atoms with E-state index in [0.29, 0.717) is 40.5 Å².